The van der Waals surface area contributed by atoms with E-state index in [9.17, 15) is 0 Å². The molecule has 0 heterocycles. The summed E-state index contributed by atoms with van der Waals surface area (Å²) in [7, 11) is 0. The summed E-state index contributed by atoms with van der Waals surface area (Å²) >= 11 is 0. The van der Waals surface area contributed by atoms with Gasteiger partial charge in [0, 0.05) is 18.1 Å². The minimum absolute atomic E-state index is 0.319. The Morgan fingerprint density at radius 1 is 1.22 bits per heavy atom. The molecule has 1 rings (SSSR count). The van der Waals surface area contributed by atoms with Crippen molar-refractivity contribution in [2.24, 2.45) is 17.6 Å². The maximum atomic E-state index is 6.15. The van der Waals surface area contributed by atoms with E-state index in [1.54, 1.807) is 0 Å². The van der Waals surface area contributed by atoms with Crippen LogP contribution in [0.15, 0.2) is 0 Å². The van der Waals surface area contributed by atoms with Crippen LogP contribution in [0.5, 0.6) is 0 Å². The maximum absolute atomic E-state index is 6.15. The first-order valence-electron chi connectivity index (χ1n) is 7.97. The fraction of sp³-hybridized carbons (Fsp3) is 1.00. The SMILES string of the molecule is CCCCN(C(C)CC)C1(CN)CC(C(C)C)C1. The van der Waals surface area contributed by atoms with Crippen LogP contribution in [0.3, 0.4) is 0 Å². The average Bonchev–Trinajstić information content (AvgIpc) is 2.30. The van der Waals surface area contributed by atoms with E-state index in [0.29, 0.717) is 11.6 Å². The molecule has 0 aromatic heterocycles. The molecule has 1 fully saturated rings. The van der Waals surface area contributed by atoms with Gasteiger partial charge in [-0.05, 0) is 51.0 Å². The first-order valence-corrected chi connectivity index (χ1v) is 7.97. The van der Waals surface area contributed by atoms with Crippen molar-refractivity contribution >= 4 is 0 Å². The highest BCUT2D eigenvalue weighted by Crippen LogP contribution is 2.46. The number of hydrogen-bond acceptors (Lipinski definition) is 2. The minimum Gasteiger partial charge on any atom is -0.329 e. The lowest BCUT2D eigenvalue weighted by Gasteiger charge is -2.57. The predicted octanol–water partition coefficient (Wildman–Crippen LogP) is 3.65. The van der Waals surface area contributed by atoms with Gasteiger partial charge in [-0.1, -0.05) is 34.1 Å². The second-order valence-corrected chi connectivity index (χ2v) is 6.65. The van der Waals surface area contributed by atoms with Crippen LogP contribution < -0.4 is 5.73 Å². The monoisotopic (exact) mass is 254 g/mol. The van der Waals surface area contributed by atoms with Crippen molar-refractivity contribution in [3.8, 4) is 0 Å². The molecule has 0 aromatic rings. The summed E-state index contributed by atoms with van der Waals surface area (Å²) in [4.78, 5) is 2.73. The van der Waals surface area contributed by atoms with Crippen LogP contribution in [-0.4, -0.2) is 29.6 Å². The average molecular weight is 254 g/mol. The summed E-state index contributed by atoms with van der Waals surface area (Å²) in [6, 6.07) is 0.674. The molecule has 0 spiro atoms. The lowest BCUT2D eigenvalue weighted by molar-refractivity contribution is -0.0573. The number of nitrogens with zero attached hydrogens (tertiary/aromatic N) is 1. The van der Waals surface area contributed by atoms with E-state index in [4.69, 9.17) is 5.73 Å². The van der Waals surface area contributed by atoms with Crippen molar-refractivity contribution in [2.45, 2.75) is 78.3 Å². The second-order valence-electron chi connectivity index (χ2n) is 6.65. The van der Waals surface area contributed by atoms with Gasteiger partial charge in [-0.3, -0.25) is 4.90 Å². The number of unbranched alkanes of at least 4 members (excludes halogenated alkanes) is 1. The van der Waals surface area contributed by atoms with E-state index in [2.05, 4.69) is 39.5 Å². The number of rotatable bonds is 8. The Hall–Kier alpha value is -0.0800. The summed E-state index contributed by atoms with van der Waals surface area (Å²) in [6.45, 7) is 13.7. The molecule has 1 saturated carbocycles. The highest BCUT2D eigenvalue weighted by Gasteiger charge is 2.48. The molecule has 0 bridgehead atoms. The second kappa shape index (κ2) is 6.91. The van der Waals surface area contributed by atoms with Crippen LogP contribution in [0.4, 0.5) is 0 Å². The summed E-state index contributed by atoms with van der Waals surface area (Å²) in [5.74, 6) is 1.70. The van der Waals surface area contributed by atoms with Crippen molar-refractivity contribution in [1.82, 2.24) is 4.90 Å². The zero-order valence-corrected chi connectivity index (χ0v) is 13.2. The first kappa shape index (κ1) is 16.0. The van der Waals surface area contributed by atoms with Gasteiger partial charge in [0.25, 0.3) is 0 Å². The summed E-state index contributed by atoms with van der Waals surface area (Å²) in [5, 5.41) is 0. The molecule has 1 atom stereocenters. The highest BCUT2D eigenvalue weighted by atomic mass is 15.2. The summed E-state index contributed by atoms with van der Waals surface area (Å²) in [5.41, 5.74) is 6.47. The third-order valence-corrected chi connectivity index (χ3v) is 5.09. The molecule has 0 radical (unpaired) electrons. The quantitative estimate of drug-likeness (QED) is 0.716. The maximum Gasteiger partial charge on any atom is 0.0340 e. The topological polar surface area (TPSA) is 29.3 Å². The molecule has 2 nitrogen and oxygen atoms in total. The number of hydrogen-bond donors (Lipinski definition) is 1. The van der Waals surface area contributed by atoms with Crippen molar-refractivity contribution in [3.63, 3.8) is 0 Å². The molecular weight excluding hydrogens is 220 g/mol. The molecular formula is C16H34N2. The van der Waals surface area contributed by atoms with Gasteiger partial charge >= 0.3 is 0 Å². The van der Waals surface area contributed by atoms with Gasteiger partial charge in [0.05, 0.1) is 0 Å². The van der Waals surface area contributed by atoms with Crippen LogP contribution in [0.25, 0.3) is 0 Å². The fourth-order valence-corrected chi connectivity index (χ4v) is 3.38. The largest absolute Gasteiger partial charge is 0.329 e. The molecule has 2 N–H and O–H groups in total. The summed E-state index contributed by atoms with van der Waals surface area (Å²) < 4.78 is 0. The highest BCUT2D eigenvalue weighted by molar-refractivity contribution is 5.05. The smallest absolute Gasteiger partial charge is 0.0340 e. The molecule has 1 unspecified atom stereocenters. The van der Waals surface area contributed by atoms with Crippen LogP contribution in [0.2, 0.25) is 0 Å². The molecule has 18 heavy (non-hydrogen) atoms. The lowest BCUT2D eigenvalue weighted by atomic mass is 9.62. The number of nitrogens with two attached hydrogens (primary N) is 1. The standard InChI is InChI=1S/C16H34N2/c1-6-8-9-18(14(5)7-2)16(12-17)10-15(11-16)13(3)4/h13-15H,6-12,17H2,1-5H3. The normalized spacial score (nSPS) is 29.7. The van der Waals surface area contributed by atoms with Crippen LogP contribution in [0, 0.1) is 11.8 Å². The van der Waals surface area contributed by atoms with Gasteiger partial charge in [-0.2, -0.15) is 0 Å². The molecule has 1 aliphatic rings. The Labute approximate surface area is 114 Å². The Balaban J connectivity index is 2.69. The van der Waals surface area contributed by atoms with Gasteiger partial charge in [0.15, 0.2) is 0 Å². The molecule has 0 saturated heterocycles. The fourth-order valence-electron chi connectivity index (χ4n) is 3.38. The van der Waals surface area contributed by atoms with E-state index in [0.717, 1.165) is 18.4 Å². The van der Waals surface area contributed by atoms with Crippen molar-refractivity contribution < 1.29 is 0 Å². The lowest BCUT2D eigenvalue weighted by Crippen LogP contribution is -2.64. The van der Waals surface area contributed by atoms with E-state index >= 15 is 0 Å². The Bertz CT molecular complexity index is 231. The predicted molar refractivity (Wildman–Crippen MR) is 80.7 cm³/mol. The molecule has 0 aliphatic heterocycles. The third-order valence-electron chi connectivity index (χ3n) is 5.09. The van der Waals surface area contributed by atoms with Crippen LogP contribution >= 0.6 is 0 Å². The zero-order valence-electron chi connectivity index (χ0n) is 13.2. The van der Waals surface area contributed by atoms with Crippen molar-refractivity contribution in [2.75, 3.05) is 13.1 Å². The summed E-state index contributed by atoms with van der Waals surface area (Å²) in [6.07, 6.45) is 6.45. The van der Waals surface area contributed by atoms with Gasteiger partial charge in [-0.15, -0.1) is 0 Å². The zero-order chi connectivity index (χ0) is 13.8. The third kappa shape index (κ3) is 3.27. The van der Waals surface area contributed by atoms with E-state index in [1.807, 2.05) is 0 Å². The minimum atomic E-state index is 0.319. The molecule has 1 aliphatic carbocycles. The van der Waals surface area contributed by atoms with Crippen LogP contribution in [0.1, 0.15) is 66.7 Å². The van der Waals surface area contributed by atoms with Gasteiger partial charge in [0.2, 0.25) is 0 Å². The van der Waals surface area contributed by atoms with Gasteiger partial charge in [0.1, 0.15) is 0 Å². The Kier molecular flexibility index (Phi) is 6.13. The van der Waals surface area contributed by atoms with E-state index in [1.165, 1.54) is 38.6 Å². The molecule has 0 amide bonds. The molecule has 0 aromatic carbocycles. The van der Waals surface area contributed by atoms with Gasteiger partial charge < -0.3 is 5.73 Å². The first-order chi connectivity index (χ1) is 8.50. The van der Waals surface area contributed by atoms with Crippen LogP contribution in [-0.2, 0) is 0 Å². The Morgan fingerprint density at radius 2 is 1.83 bits per heavy atom. The van der Waals surface area contributed by atoms with E-state index < -0.39 is 0 Å². The van der Waals surface area contributed by atoms with Gasteiger partial charge in [-0.25, -0.2) is 0 Å². The van der Waals surface area contributed by atoms with Crippen molar-refractivity contribution in [1.29, 1.82) is 0 Å². The molecule has 108 valence electrons. The Morgan fingerprint density at radius 3 is 2.22 bits per heavy atom. The molecule has 2 heteroatoms. The van der Waals surface area contributed by atoms with E-state index in [-0.39, 0.29) is 0 Å². The van der Waals surface area contributed by atoms with Crippen molar-refractivity contribution in [3.05, 3.63) is 0 Å².